The molecule has 0 fully saturated rings. The lowest BCUT2D eigenvalue weighted by molar-refractivity contribution is -0.139. The van der Waals surface area contributed by atoms with Gasteiger partial charge in [-0.2, -0.15) is 13.2 Å². The Balaban J connectivity index is 2.12. The second-order valence-electron chi connectivity index (χ2n) is 9.99. The van der Waals surface area contributed by atoms with E-state index in [0.717, 1.165) is 17.7 Å². The van der Waals surface area contributed by atoms with E-state index in [0.29, 0.717) is 22.4 Å². The van der Waals surface area contributed by atoms with Crippen molar-refractivity contribution in [2.75, 3.05) is 10.8 Å². The first kappa shape index (κ1) is 32.9. The minimum Gasteiger partial charge on any atom is -0.352 e. The molecule has 3 aromatic rings. The summed E-state index contributed by atoms with van der Waals surface area (Å²) in [5, 5.41) is 2.52. The molecule has 0 aliphatic rings. The average molecular weight is 624 g/mol. The number of halogens is 4. The van der Waals surface area contributed by atoms with E-state index in [2.05, 4.69) is 5.32 Å². The van der Waals surface area contributed by atoms with Crippen LogP contribution in [0.5, 0.6) is 0 Å². The molecule has 0 aliphatic heterocycles. The monoisotopic (exact) mass is 623 g/mol. The predicted octanol–water partition coefficient (Wildman–Crippen LogP) is 6.19. The van der Waals surface area contributed by atoms with Gasteiger partial charge in [-0.05, 0) is 63.1 Å². The SMILES string of the molecule is CC[C@@H](C)NC(=O)[C@H](C)N(Cc1cccc(C)c1)C(=O)CN(c1cc(C(F)(F)F)ccc1Cl)S(=O)(=O)c1ccccc1. The van der Waals surface area contributed by atoms with Gasteiger partial charge in [0.1, 0.15) is 12.6 Å². The highest BCUT2D eigenvalue weighted by Gasteiger charge is 2.36. The fraction of sp³-hybridized carbons (Fsp3) is 0.333. The van der Waals surface area contributed by atoms with Crippen LogP contribution in [0.1, 0.15) is 43.9 Å². The van der Waals surface area contributed by atoms with Gasteiger partial charge < -0.3 is 10.2 Å². The van der Waals surface area contributed by atoms with E-state index in [-0.39, 0.29) is 22.5 Å². The van der Waals surface area contributed by atoms with Gasteiger partial charge in [-0.1, -0.05) is 66.6 Å². The molecular formula is C30H33ClF3N3O4S. The zero-order valence-corrected chi connectivity index (χ0v) is 25.2. The molecule has 7 nitrogen and oxygen atoms in total. The van der Waals surface area contributed by atoms with E-state index in [1.807, 2.05) is 26.0 Å². The van der Waals surface area contributed by atoms with Crippen LogP contribution in [0.15, 0.2) is 77.7 Å². The Labute approximate surface area is 249 Å². The van der Waals surface area contributed by atoms with Gasteiger partial charge >= 0.3 is 6.18 Å². The van der Waals surface area contributed by atoms with Crippen molar-refractivity contribution in [3.63, 3.8) is 0 Å². The van der Waals surface area contributed by atoms with Crippen molar-refractivity contribution in [1.82, 2.24) is 10.2 Å². The second-order valence-corrected chi connectivity index (χ2v) is 12.3. The Kier molecular flexibility index (Phi) is 10.7. The summed E-state index contributed by atoms with van der Waals surface area (Å²) in [4.78, 5) is 28.0. The van der Waals surface area contributed by atoms with E-state index >= 15 is 0 Å². The fourth-order valence-corrected chi connectivity index (χ4v) is 5.88. The van der Waals surface area contributed by atoms with E-state index in [1.165, 1.54) is 36.1 Å². The van der Waals surface area contributed by atoms with Crippen molar-refractivity contribution in [2.24, 2.45) is 0 Å². The van der Waals surface area contributed by atoms with Crippen molar-refractivity contribution in [3.05, 3.63) is 94.5 Å². The van der Waals surface area contributed by atoms with Crippen molar-refractivity contribution in [3.8, 4) is 0 Å². The van der Waals surface area contributed by atoms with Crippen molar-refractivity contribution >= 4 is 39.1 Å². The standard InChI is InChI=1S/C30H33ClF3N3O4S/c1-5-21(3)35-29(39)22(4)36(18-23-11-9-10-20(2)16-23)28(38)19-37(42(40,41)25-12-7-6-8-13-25)27-17-24(30(32,33)34)14-15-26(27)31/h6-17,21-22H,5,18-19H2,1-4H3,(H,35,39)/t21-,22+/m1/s1. The van der Waals surface area contributed by atoms with Gasteiger partial charge in [0, 0.05) is 12.6 Å². The third-order valence-corrected chi connectivity index (χ3v) is 8.85. The van der Waals surface area contributed by atoms with Crippen LogP contribution in [-0.4, -0.2) is 43.8 Å². The quantitative estimate of drug-likeness (QED) is 0.276. The number of aryl methyl sites for hydroxylation is 1. The first-order chi connectivity index (χ1) is 19.6. The fourth-order valence-electron chi connectivity index (χ4n) is 4.17. The Hall–Kier alpha value is -3.57. The number of hydrogen-bond donors (Lipinski definition) is 1. The molecule has 12 heteroatoms. The first-order valence-electron chi connectivity index (χ1n) is 13.2. The number of anilines is 1. The predicted molar refractivity (Wildman–Crippen MR) is 157 cm³/mol. The normalized spacial score (nSPS) is 13.2. The van der Waals surface area contributed by atoms with Crippen LogP contribution in [0.25, 0.3) is 0 Å². The summed E-state index contributed by atoms with van der Waals surface area (Å²) in [5.74, 6) is -1.27. The lowest BCUT2D eigenvalue weighted by Gasteiger charge is -2.33. The van der Waals surface area contributed by atoms with E-state index in [1.54, 1.807) is 25.1 Å². The molecular weight excluding hydrogens is 591 g/mol. The lowest BCUT2D eigenvalue weighted by Crippen LogP contribution is -2.52. The summed E-state index contributed by atoms with van der Waals surface area (Å²) >= 11 is 6.27. The molecule has 0 spiro atoms. The van der Waals surface area contributed by atoms with Gasteiger partial charge in [-0.25, -0.2) is 8.42 Å². The summed E-state index contributed by atoms with van der Waals surface area (Å²) in [6, 6.07) is 15.3. The molecule has 0 aliphatic carbocycles. The largest absolute Gasteiger partial charge is 0.416 e. The molecule has 0 saturated heterocycles. The summed E-state index contributed by atoms with van der Waals surface area (Å²) in [6.45, 7) is 6.10. The molecule has 0 bridgehead atoms. The number of sulfonamides is 1. The topological polar surface area (TPSA) is 86.8 Å². The number of hydrogen-bond acceptors (Lipinski definition) is 4. The number of nitrogens with zero attached hydrogens (tertiary/aromatic N) is 2. The van der Waals surface area contributed by atoms with Crippen LogP contribution in [-0.2, 0) is 32.3 Å². The summed E-state index contributed by atoms with van der Waals surface area (Å²) < 4.78 is 69.2. The van der Waals surface area contributed by atoms with Crippen molar-refractivity contribution in [1.29, 1.82) is 0 Å². The minimum absolute atomic E-state index is 0.0504. The molecule has 42 heavy (non-hydrogen) atoms. The van der Waals surface area contributed by atoms with Gasteiger partial charge in [-0.3, -0.25) is 13.9 Å². The van der Waals surface area contributed by atoms with Crippen molar-refractivity contribution < 1.29 is 31.2 Å². The second kappa shape index (κ2) is 13.6. The van der Waals surface area contributed by atoms with Gasteiger partial charge in [0.05, 0.1) is 21.2 Å². The Morgan fingerprint density at radius 2 is 1.64 bits per heavy atom. The average Bonchev–Trinajstić information content (AvgIpc) is 2.94. The van der Waals surface area contributed by atoms with Crippen LogP contribution in [0, 0.1) is 6.92 Å². The third kappa shape index (κ3) is 8.04. The third-order valence-electron chi connectivity index (χ3n) is 6.76. The highest BCUT2D eigenvalue weighted by atomic mass is 35.5. The smallest absolute Gasteiger partial charge is 0.352 e. The molecule has 0 radical (unpaired) electrons. The van der Waals surface area contributed by atoms with Gasteiger partial charge in [0.2, 0.25) is 11.8 Å². The van der Waals surface area contributed by atoms with Gasteiger partial charge in [-0.15, -0.1) is 0 Å². The maximum atomic E-state index is 14.0. The number of carbonyl (C=O) groups is 2. The number of alkyl halides is 3. The number of rotatable bonds is 11. The number of nitrogens with one attached hydrogen (secondary N) is 1. The first-order valence-corrected chi connectivity index (χ1v) is 15.1. The highest BCUT2D eigenvalue weighted by Crippen LogP contribution is 2.37. The molecule has 0 aromatic heterocycles. The van der Waals surface area contributed by atoms with Crippen LogP contribution >= 0.6 is 11.6 Å². The van der Waals surface area contributed by atoms with E-state index in [4.69, 9.17) is 11.6 Å². The number of benzene rings is 3. The van der Waals surface area contributed by atoms with E-state index < -0.39 is 51.9 Å². The van der Waals surface area contributed by atoms with Crippen LogP contribution in [0.4, 0.5) is 18.9 Å². The Morgan fingerprint density at radius 1 is 0.976 bits per heavy atom. The molecule has 226 valence electrons. The van der Waals surface area contributed by atoms with Crippen LogP contribution in [0.2, 0.25) is 5.02 Å². The number of carbonyl (C=O) groups excluding carboxylic acids is 2. The molecule has 3 rings (SSSR count). The molecule has 0 saturated carbocycles. The summed E-state index contributed by atoms with van der Waals surface area (Å²) in [6.07, 6.45) is -4.16. The molecule has 1 N–H and O–H groups in total. The molecule has 0 heterocycles. The molecule has 3 aromatic carbocycles. The minimum atomic E-state index is -4.80. The number of amides is 2. The van der Waals surface area contributed by atoms with E-state index in [9.17, 15) is 31.2 Å². The maximum Gasteiger partial charge on any atom is 0.416 e. The van der Waals surface area contributed by atoms with Crippen molar-refractivity contribution in [2.45, 2.75) is 63.8 Å². The molecule has 2 atom stereocenters. The Bertz CT molecular complexity index is 1520. The van der Waals surface area contributed by atoms with Gasteiger partial charge in [0.25, 0.3) is 10.0 Å². The molecule has 0 unspecified atom stereocenters. The lowest BCUT2D eigenvalue weighted by atomic mass is 10.1. The van der Waals surface area contributed by atoms with Gasteiger partial charge in [0.15, 0.2) is 0 Å². The zero-order chi connectivity index (χ0) is 31.2. The summed E-state index contributed by atoms with van der Waals surface area (Å²) in [7, 11) is -4.58. The maximum absolute atomic E-state index is 14.0. The Morgan fingerprint density at radius 3 is 2.24 bits per heavy atom. The van der Waals surface area contributed by atoms with Crippen LogP contribution < -0.4 is 9.62 Å². The molecule has 2 amide bonds. The summed E-state index contributed by atoms with van der Waals surface area (Å²) in [5.41, 5.74) is -0.0711. The highest BCUT2D eigenvalue weighted by molar-refractivity contribution is 7.92. The van der Waals surface area contributed by atoms with Crippen LogP contribution in [0.3, 0.4) is 0 Å². The zero-order valence-electron chi connectivity index (χ0n) is 23.7.